The van der Waals surface area contributed by atoms with Crippen LogP contribution in [0.15, 0.2) is 47.6 Å². The number of nitrogens with zero attached hydrogens (tertiary/aromatic N) is 3. The molecule has 3 aromatic rings. The zero-order chi connectivity index (χ0) is 21.3. The van der Waals surface area contributed by atoms with E-state index < -0.39 is 10.0 Å². The lowest BCUT2D eigenvalue weighted by Gasteiger charge is -2.13. The van der Waals surface area contributed by atoms with Crippen LogP contribution >= 0.6 is 11.3 Å². The number of aromatic nitrogens is 2. The van der Waals surface area contributed by atoms with Gasteiger partial charge < -0.3 is 4.57 Å². The minimum atomic E-state index is -3.56. The fourth-order valence-electron chi connectivity index (χ4n) is 3.49. The number of aryl methyl sites for hydroxylation is 2. The standard InChI is InChI=1S/C21H24N4O3S2/c1-15-5-7-16(8-6-15)11-17-13-22-21(29-17)23-20(26)19-12-18(14-24(19)2)30(27,28)25-9-3-4-10-25/h5-8,12-14H,3-4,9-11H2,1-2H3,(H,22,23,26). The molecule has 30 heavy (non-hydrogen) atoms. The molecular formula is C21H24N4O3S2. The molecule has 0 unspecified atom stereocenters. The molecule has 9 heteroatoms. The summed E-state index contributed by atoms with van der Waals surface area (Å²) in [6.45, 7) is 3.11. The third kappa shape index (κ3) is 4.33. The van der Waals surface area contributed by atoms with Gasteiger partial charge in [-0.2, -0.15) is 4.31 Å². The molecule has 0 spiro atoms. The van der Waals surface area contributed by atoms with Crippen LogP contribution < -0.4 is 5.32 Å². The number of rotatable bonds is 6. The molecule has 1 aliphatic rings. The molecule has 4 rings (SSSR count). The monoisotopic (exact) mass is 444 g/mol. The van der Waals surface area contributed by atoms with Crippen LogP contribution in [-0.2, 0) is 23.5 Å². The summed E-state index contributed by atoms with van der Waals surface area (Å²) in [5.41, 5.74) is 2.68. The second-order valence-electron chi connectivity index (χ2n) is 7.53. The van der Waals surface area contributed by atoms with Gasteiger partial charge in [-0.1, -0.05) is 29.8 Å². The van der Waals surface area contributed by atoms with Crippen molar-refractivity contribution in [1.82, 2.24) is 13.9 Å². The van der Waals surface area contributed by atoms with Crippen LogP contribution in [0.5, 0.6) is 0 Å². The van der Waals surface area contributed by atoms with Crippen molar-refractivity contribution in [3.63, 3.8) is 0 Å². The third-order valence-corrected chi connectivity index (χ3v) is 7.97. The minimum Gasteiger partial charge on any atom is -0.345 e. The Morgan fingerprint density at radius 2 is 1.90 bits per heavy atom. The van der Waals surface area contributed by atoms with Gasteiger partial charge in [0.15, 0.2) is 5.13 Å². The van der Waals surface area contributed by atoms with Crippen LogP contribution in [0.1, 0.15) is 39.3 Å². The lowest BCUT2D eigenvalue weighted by molar-refractivity contribution is 0.101. The van der Waals surface area contributed by atoms with Crippen molar-refractivity contribution in [1.29, 1.82) is 0 Å². The normalized spacial score (nSPS) is 14.9. The Labute approximate surface area is 180 Å². The summed E-state index contributed by atoms with van der Waals surface area (Å²) in [7, 11) is -1.89. The molecule has 1 amide bonds. The third-order valence-electron chi connectivity index (χ3n) is 5.19. The highest BCUT2D eigenvalue weighted by molar-refractivity contribution is 7.89. The Morgan fingerprint density at radius 3 is 2.60 bits per heavy atom. The van der Waals surface area contributed by atoms with Crippen molar-refractivity contribution < 1.29 is 13.2 Å². The quantitative estimate of drug-likeness (QED) is 0.631. The van der Waals surface area contributed by atoms with E-state index in [4.69, 9.17) is 0 Å². The summed E-state index contributed by atoms with van der Waals surface area (Å²) in [6.07, 6.45) is 5.74. The number of amides is 1. The highest BCUT2D eigenvalue weighted by Crippen LogP contribution is 2.25. The Balaban J connectivity index is 1.46. The molecule has 1 saturated heterocycles. The maximum atomic E-state index is 12.7. The van der Waals surface area contributed by atoms with Gasteiger partial charge in [0, 0.05) is 43.8 Å². The van der Waals surface area contributed by atoms with Gasteiger partial charge >= 0.3 is 0 Å². The maximum Gasteiger partial charge on any atom is 0.274 e. The molecule has 1 N–H and O–H groups in total. The lowest BCUT2D eigenvalue weighted by atomic mass is 10.1. The summed E-state index contributed by atoms with van der Waals surface area (Å²) < 4.78 is 28.5. The van der Waals surface area contributed by atoms with Crippen LogP contribution in [0, 0.1) is 6.92 Å². The van der Waals surface area contributed by atoms with E-state index in [9.17, 15) is 13.2 Å². The van der Waals surface area contributed by atoms with Crippen LogP contribution in [-0.4, -0.2) is 41.3 Å². The Kier molecular flexibility index (Phi) is 5.77. The second-order valence-corrected chi connectivity index (χ2v) is 10.6. The number of nitrogens with one attached hydrogen (secondary N) is 1. The molecule has 0 aliphatic carbocycles. The number of carbonyl (C=O) groups excluding carboxylic acids is 1. The molecule has 158 valence electrons. The van der Waals surface area contributed by atoms with E-state index in [-0.39, 0.29) is 16.5 Å². The molecular weight excluding hydrogens is 420 g/mol. The molecule has 0 bridgehead atoms. The highest BCUT2D eigenvalue weighted by Gasteiger charge is 2.29. The minimum absolute atomic E-state index is 0.149. The number of hydrogen-bond acceptors (Lipinski definition) is 5. The molecule has 0 radical (unpaired) electrons. The molecule has 1 aromatic carbocycles. The van der Waals surface area contributed by atoms with Crippen molar-refractivity contribution in [3.8, 4) is 0 Å². The van der Waals surface area contributed by atoms with E-state index in [0.29, 0.717) is 18.2 Å². The average Bonchev–Trinajstić information content (AvgIpc) is 3.45. The van der Waals surface area contributed by atoms with Gasteiger partial charge in [-0.05, 0) is 31.4 Å². The van der Waals surface area contributed by atoms with Gasteiger partial charge in [0.05, 0.1) is 0 Å². The largest absolute Gasteiger partial charge is 0.345 e. The molecule has 0 saturated carbocycles. The smallest absolute Gasteiger partial charge is 0.274 e. The second kappa shape index (κ2) is 8.33. The van der Waals surface area contributed by atoms with Crippen LogP contribution in [0.4, 0.5) is 5.13 Å². The predicted molar refractivity (Wildman–Crippen MR) is 117 cm³/mol. The van der Waals surface area contributed by atoms with Gasteiger partial charge in [0.25, 0.3) is 5.91 Å². The SMILES string of the molecule is Cc1ccc(Cc2cnc(NC(=O)c3cc(S(=O)(=O)N4CCCC4)cn3C)s2)cc1. The number of benzene rings is 1. The van der Waals surface area contributed by atoms with Crippen LogP contribution in [0.25, 0.3) is 0 Å². The Morgan fingerprint density at radius 1 is 1.20 bits per heavy atom. The van der Waals surface area contributed by atoms with Crippen LogP contribution in [0.3, 0.4) is 0 Å². The molecule has 7 nitrogen and oxygen atoms in total. The van der Waals surface area contributed by atoms with E-state index in [0.717, 1.165) is 24.1 Å². The maximum absolute atomic E-state index is 12.7. The summed E-state index contributed by atoms with van der Waals surface area (Å²) in [5.74, 6) is -0.378. The van der Waals surface area contributed by atoms with Gasteiger partial charge in [0.1, 0.15) is 10.6 Å². The first kappa shape index (κ1) is 20.8. The predicted octanol–water partition coefficient (Wildman–Crippen LogP) is 3.42. The van der Waals surface area contributed by atoms with E-state index in [1.54, 1.807) is 17.8 Å². The number of sulfonamides is 1. The first-order valence-corrected chi connectivity index (χ1v) is 12.1. The number of carbonyl (C=O) groups is 1. The number of thiazole rings is 1. The van der Waals surface area contributed by atoms with Crippen molar-refractivity contribution in [2.24, 2.45) is 7.05 Å². The highest BCUT2D eigenvalue weighted by atomic mass is 32.2. The number of hydrogen-bond donors (Lipinski definition) is 1. The summed E-state index contributed by atoms with van der Waals surface area (Å²) in [4.78, 5) is 18.2. The topological polar surface area (TPSA) is 84.3 Å². The van der Waals surface area contributed by atoms with E-state index in [2.05, 4.69) is 41.5 Å². The summed E-state index contributed by atoms with van der Waals surface area (Å²) in [6, 6.07) is 9.74. The van der Waals surface area contributed by atoms with E-state index in [1.165, 1.54) is 39.0 Å². The Hall–Kier alpha value is -2.49. The summed E-state index contributed by atoms with van der Waals surface area (Å²) in [5, 5.41) is 3.28. The molecule has 1 aliphatic heterocycles. The zero-order valence-electron chi connectivity index (χ0n) is 17.0. The number of anilines is 1. The van der Waals surface area contributed by atoms with Crippen molar-refractivity contribution in [2.45, 2.75) is 31.1 Å². The Bertz CT molecular complexity index is 1160. The average molecular weight is 445 g/mol. The van der Waals surface area contributed by atoms with Crippen molar-refractivity contribution >= 4 is 32.4 Å². The molecule has 2 aromatic heterocycles. The molecule has 0 atom stereocenters. The molecule has 3 heterocycles. The fraction of sp³-hybridized carbons (Fsp3) is 0.333. The van der Waals surface area contributed by atoms with Crippen molar-refractivity contribution in [3.05, 3.63) is 64.4 Å². The zero-order valence-corrected chi connectivity index (χ0v) is 18.6. The van der Waals surface area contributed by atoms with Gasteiger partial charge in [-0.25, -0.2) is 13.4 Å². The van der Waals surface area contributed by atoms with Gasteiger partial charge in [-0.3, -0.25) is 10.1 Å². The summed E-state index contributed by atoms with van der Waals surface area (Å²) >= 11 is 1.41. The lowest BCUT2D eigenvalue weighted by Crippen LogP contribution is -2.27. The first-order chi connectivity index (χ1) is 14.3. The van der Waals surface area contributed by atoms with Gasteiger partial charge in [0.2, 0.25) is 10.0 Å². The van der Waals surface area contributed by atoms with Gasteiger partial charge in [-0.15, -0.1) is 11.3 Å². The fourth-order valence-corrected chi connectivity index (χ4v) is 5.92. The van der Waals surface area contributed by atoms with Crippen molar-refractivity contribution in [2.75, 3.05) is 18.4 Å². The molecule has 1 fully saturated rings. The first-order valence-electron chi connectivity index (χ1n) is 9.81. The van der Waals surface area contributed by atoms with E-state index in [1.807, 2.05) is 0 Å². The van der Waals surface area contributed by atoms with Crippen LogP contribution in [0.2, 0.25) is 0 Å². The van der Waals surface area contributed by atoms with E-state index >= 15 is 0 Å².